The summed E-state index contributed by atoms with van der Waals surface area (Å²) in [4.78, 5) is 33.5. The van der Waals surface area contributed by atoms with E-state index < -0.39 is 12.1 Å². The molecule has 2 aromatic rings. The average Bonchev–Trinajstić information content (AvgIpc) is 3.35. The number of carbonyl (C=O) groups excluding carboxylic acids is 2. The zero-order valence-corrected chi connectivity index (χ0v) is 35.3. The van der Waals surface area contributed by atoms with E-state index in [0.29, 0.717) is 31.7 Å². The van der Waals surface area contributed by atoms with Gasteiger partial charge >= 0.3 is 0 Å². The fourth-order valence-corrected chi connectivity index (χ4v) is 7.52. The lowest BCUT2D eigenvalue weighted by molar-refractivity contribution is -0.123. The molecule has 2 atom stereocenters. The molecule has 0 spiro atoms. The van der Waals surface area contributed by atoms with E-state index in [1.807, 2.05) is 68.0 Å². The van der Waals surface area contributed by atoms with Crippen molar-refractivity contribution in [3.8, 4) is 22.5 Å². The molecule has 5 rings (SSSR count). The Morgan fingerprint density at radius 1 is 0.931 bits per heavy atom. The summed E-state index contributed by atoms with van der Waals surface area (Å²) in [6.45, 7) is 11.5. The molecule has 2 aliphatic heterocycles. The standard InChI is InChI=1S/C44H66N10O4/c1-6-15-46-22-26-54(23-14-45)38(39(55)31-53-24-20-47-16-17-48-21-25-53)30-42(56)49-18-19-50-44(57)33-9-7-8-32(27-33)43-36-12-10-34(51(2)3)28-40(36)58-41-29-35(52(4)5)11-13-37(41)43/h7-13,27-29,38-39,46-48,55H,6,14-26,30-31,45H2,1-5H3,(H-,49,50,56,57)/p+1. The number of nitrogens with two attached hydrogens (primary N) is 1. The lowest BCUT2D eigenvalue weighted by atomic mass is 9.92. The van der Waals surface area contributed by atoms with Gasteiger partial charge in [-0.1, -0.05) is 19.1 Å². The number of aliphatic hydroxyl groups is 1. The number of hydrogen-bond acceptors (Lipinski definition) is 11. The number of anilines is 1. The van der Waals surface area contributed by atoms with Crippen LogP contribution in [0.15, 0.2) is 65.1 Å². The zero-order valence-electron chi connectivity index (χ0n) is 35.3. The summed E-state index contributed by atoms with van der Waals surface area (Å²) in [6.07, 6.45) is 0.388. The SMILES string of the molecule is CCCNCCN(CCN)C(CC(=O)NCCNC(=O)c1cccc(-c2c3ccc(=[N+](C)C)cc-3oc3cc(N(C)C)ccc23)c1)C(O)CN1CCNCCNCC1. The van der Waals surface area contributed by atoms with E-state index in [2.05, 4.69) is 67.6 Å². The van der Waals surface area contributed by atoms with Gasteiger partial charge in [-0.15, -0.1) is 0 Å². The van der Waals surface area contributed by atoms with Gasteiger partial charge in [-0.05, 0) is 48.9 Å². The van der Waals surface area contributed by atoms with Crippen LogP contribution in [-0.2, 0) is 4.79 Å². The first-order valence-corrected chi connectivity index (χ1v) is 20.9. The first-order chi connectivity index (χ1) is 28.1. The number of nitrogens with one attached hydrogen (secondary N) is 5. The van der Waals surface area contributed by atoms with E-state index in [9.17, 15) is 14.7 Å². The highest BCUT2D eigenvalue weighted by atomic mass is 16.3. The minimum Gasteiger partial charge on any atom is -0.456 e. The molecule has 14 heteroatoms. The summed E-state index contributed by atoms with van der Waals surface area (Å²) in [5.41, 5.74) is 11.2. The van der Waals surface area contributed by atoms with Crippen LogP contribution in [0.1, 0.15) is 30.1 Å². The second-order valence-corrected chi connectivity index (χ2v) is 15.5. The molecular weight excluding hydrogens is 733 g/mol. The second-order valence-electron chi connectivity index (χ2n) is 15.5. The van der Waals surface area contributed by atoms with Crippen molar-refractivity contribution in [3.05, 3.63) is 71.6 Å². The number of rotatable bonds is 19. The Bertz CT molecular complexity index is 1950. The average molecular weight is 800 g/mol. The van der Waals surface area contributed by atoms with Gasteiger partial charge in [-0.25, -0.2) is 4.58 Å². The maximum Gasteiger partial charge on any atom is 0.251 e. The highest BCUT2D eigenvalue weighted by molar-refractivity contribution is 6.04. The smallest absolute Gasteiger partial charge is 0.251 e. The Balaban J connectivity index is 1.26. The molecule has 0 saturated carbocycles. The normalized spacial score (nSPS) is 15.1. The molecule has 2 aromatic carbocycles. The summed E-state index contributed by atoms with van der Waals surface area (Å²) in [7, 11) is 8.01. The van der Waals surface area contributed by atoms with E-state index in [1.165, 1.54) is 0 Å². The quantitative estimate of drug-likeness (QED) is 0.0412. The lowest BCUT2D eigenvalue weighted by Gasteiger charge is -2.36. The molecule has 2 heterocycles. The second kappa shape index (κ2) is 22.7. The molecule has 0 radical (unpaired) electrons. The van der Waals surface area contributed by atoms with Crippen LogP contribution in [0.5, 0.6) is 0 Å². The van der Waals surface area contributed by atoms with Gasteiger partial charge in [-0.3, -0.25) is 19.4 Å². The number of carbonyl (C=O) groups is 2. The Kier molecular flexibility index (Phi) is 17.5. The third kappa shape index (κ3) is 12.5. The van der Waals surface area contributed by atoms with Crippen LogP contribution in [0.3, 0.4) is 0 Å². The number of hydrogen-bond donors (Lipinski definition) is 7. The summed E-state index contributed by atoms with van der Waals surface area (Å²) < 4.78 is 8.53. The number of benzene rings is 3. The Morgan fingerprint density at radius 3 is 2.40 bits per heavy atom. The van der Waals surface area contributed by atoms with E-state index >= 15 is 0 Å². The number of nitrogens with zero attached hydrogens (tertiary/aromatic N) is 4. The Morgan fingerprint density at radius 2 is 1.69 bits per heavy atom. The van der Waals surface area contributed by atoms with Crippen molar-refractivity contribution in [2.45, 2.75) is 31.9 Å². The van der Waals surface area contributed by atoms with E-state index in [0.717, 1.165) is 103 Å². The molecule has 14 nitrogen and oxygen atoms in total. The van der Waals surface area contributed by atoms with Crippen LogP contribution in [0.25, 0.3) is 33.4 Å². The van der Waals surface area contributed by atoms with Crippen molar-refractivity contribution in [2.75, 3.05) is 125 Å². The molecule has 0 bridgehead atoms. The van der Waals surface area contributed by atoms with Crippen LogP contribution in [0, 0.1) is 0 Å². The van der Waals surface area contributed by atoms with E-state index in [-0.39, 0.29) is 31.3 Å². The minimum atomic E-state index is -0.756. The van der Waals surface area contributed by atoms with Gasteiger partial charge in [0.15, 0.2) is 0 Å². The molecule has 3 aliphatic rings. The van der Waals surface area contributed by atoms with Crippen molar-refractivity contribution in [3.63, 3.8) is 0 Å². The first kappa shape index (κ1) is 44.7. The molecular formula is C44H67N10O4+. The number of fused-ring (bicyclic) bond motifs is 2. The van der Waals surface area contributed by atoms with Crippen molar-refractivity contribution in [2.24, 2.45) is 5.73 Å². The van der Waals surface area contributed by atoms with E-state index in [1.54, 1.807) is 6.07 Å². The van der Waals surface area contributed by atoms with Crippen molar-refractivity contribution < 1.29 is 19.1 Å². The molecule has 1 fully saturated rings. The minimum absolute atomic E-state index is 0.118. The maximum absolute atomic E-state index is 13.5. The highest BCUT2D eigenvalue weighted by Gasteiger charge is 2.30. The molecule has 2 amide bonds. The van der Waals surface area contributed by atoms with Crippen LogP contribution in [0.2, 0.25) is 0 Å². The first-order valence-electron chi connectivity index (χ1n) is 20.9. The fourth-order valence-electron chi connectivity index (χ4n) is 7.52. The van der Waals surface area contributed by atoms with Crippen LogP contribution in [-0.4, -0.2) is 159 Å². The third-order valence-electron chi connectivity index (χ3n) is 10.7. The highest BCUT2D eigenvalue weighted by Crippen LogP contribution is 2.40. The number of aliphatic hydroxyl groups excluding tert-OH is 1. The molecule has 0 aromatic heterocycles. The summed E-state index contributed by atoms with van der Waals surface area (Å²) in [5.74, 6) is 0.344. The third-order valence-corrected chi connectivity index (χ3v) is 10.7. The van der Waals surface area contributed by atoms with Gasteiger partial charge in [0.2, 0.25) is 11.3 Å². The number of amides is 2. The predicted molar refractivity (Wildman–Crippen MR) is 235 cm³/mol. The van der Waals surface area contributed by atoms with Gasteiger partial charge in [0, 0.05) is 152 Å². The van der Waals surface area contributed by atoms with Gasteiger partial charge in [0.05, 0.1) is 12.2 Å². The lowest BCUT2D eigenvalue weighted by Crippen LogP contribution is -2.54. The van der Waals surface area contributed by atoms with Gasteiger partial charge in [0.1, 0.15) is 25.4 Å². The number of β-amino-alcohol motifs (C(OH)–C–C–N with tert-alkyl or cyclic N) is 1. The monoisotopic (exact) mass is 800 g/mol. The van der Waals surface area contributed by atoms with Crippen LogP contribution >= 0.6 is 0 Å². The molecule has 2 unspecified atom stereocenters. The fraction of sp³-hybridized carbons (Fsp3) is 0.523. The van der Waals surface area contributed by atoms with Gasteiger partial charge < -0.3 is 46.7 Å². The molecule has 58 heavy (non-hydrogen) atoms. The maximum atomic E-state index is 13.5. The summed E-state index contributed by atoms with van der Waals surface area (Å²) in [6, 6.07) is 19.6. The molecule has 8 N–H and O–H groups in total. The van der Waals surface area contributed by atoms with Crippen LogP contribution < -0.4 is 47.2 Å². The van der Waals surface area contributed by atoms with Gasteiger partial charge in [-0.2, -0.15) is 0 Å². The largest absolute Gasteiger partial charge is 0.456 e. The van der Waals surface area contributed by atoms with Crippen molar-refractivity contribution in [1.82, 2.24) is 41.0 Å². The van der Waals surface area contributed by atoms with E-state index in [4.69, 9.17) is 10.2 Å². The van der Waals surface area contributed by atoms with Crippen LogP contribution in [0.4, 0.5) is 5.69 Å². The van der Waals surface area contributed by atoms with Gasteiger partial charge in [0.25, 0.3) is 5.91 Å². The Labute approximate surface area is 344 Å². The van der Waals surface area contributed by atoms with Crippen molar-refractivity contribution in [1.29, 1.82) is 0 Å². The topological polar surface area (TPSA) is 166 Å². The predicted octanol–water partition coefficient (Wildman–Crippen LogP) is 1.02. The summed E-state index contributed by atoms with van der Waals surface area (Å²) >= 11 is 0. The molecule has 1 saturated heterocycles. The summed E-state index contributed by atoms with van der Waals surface area (Å²) in [5, 5.41) is 29.9. The molecule has 1 aliphatic carbocycles. The zero-order chi connectivity index (χ0) is 41.4. The molecule has 316 valence electrons. The van der Waals surface area contributed by atoms with Crippen molar-refractivity contribution >= 4 is 28.5 Å². The Hall–Kier alpha value is -4.41.